The first-order valence-corrected chi connectivity index (χ1v) is 8.83. The highest BCUT2D eigenvalue weighted by Crippen LogP contribution is 2.29. The molecule has 1 heterocycles. The topological polar surface area (TPSA) is 96.4 Å². The highest BCUT2D eigenvalue weighted by molar-refractivity contribution is 7.91. The molecule has 1 aromatic rings. The van der Waals surface area contributed by atoms with E-state index in [1.54, 1.807) is 6.92 Å². The number of carboxylic acids is 1. The van der Waals surface area contributed by atoms with E-state index in [0.29, 0.717) is 24.4 Å². The summed E-state index contributed by atoms with van der Waals surface area (Å²) in [6, 6.07) is 0. The second kappa shape index (κ2) is 6.19. The second-order valence-corrected chi connectivity index (χ2v) is 8.33. The molecule has 0 spiro atoms. The van der Waals surface area contributed by atoms with Gasteiger partial charge in [0.25, 0.3) is 10.0 Å². The van der Waals surface area contributed by atoms with Gasteiger partial charge in [-0.05, 0) is 38.5 Å². The minimum Gasteiger partial charge on any atom is -0.481 e. The van der Waals surface area contributed by atoms with Crippen LogP contribution in [0.25, 0.3) is 0 Å². The van der Waals surface area contributed by atoms with Gasteiger partial charge < -0.3 is 5.11 Å². The van der Waals surface area contributed by atoms with Crippen LogP contribution in [0.4, 0.5) is 0 Å². The number of aryl methyl sites for hydroxylation is 1. The third kappa shape index (κ3) is 3.77. The van der Waals surface area contributed by atoms with Gasteiger partial charge in [0.1, 0.15) is 0 Å². The number of rotatable bonds is 5. The fourth-order valence-electron chi connectivity index (χ4n) is 2.38. The van der Waals surface area contributed by atoms with Crippen molar-refractivity contribution in [2.75, 3.05) is 6.54 Å². The van der Waals surface area contributed by atoms with Gasteiger partial charge in [0.2, 0.25) is 0 Å². The van der Waals surface area contributed by atoms with Gasteiger partial charge in [0.15, 0.2) is 4.21 Å². The van der Waals surface area contributed by atoms with Crippen molar-refractivity contribution in [3.63, 3.8) is 0 Å². The van der Waals surface area contributed by atoms with Crippen molar-refractivity contribution in [1.82, 2.24) is 9.71 Å². The summed E-state index contributed by atoms with van der Waals surface area (Å²) in [5.41, 5.74) is 0. The maximum Gasteiger partial charge on any atom is 0.306 e. The van der Waals surface area contributed by atoms with Crippen LogP contribution < -0.4 is 4.72 Å². The van der Waals surface area contributed by atoms with Crippen molar-refractivity contribution < 1.29 is 18.3 Å². The lowest BCUT2D eigenvalue weighted by Crippen LogP contribution is -2.32. The highest BCUT2D eigenvalue weighted by atomic mass is 32.2. The molecular weight excluding hydrogens is 300 g/mol. The van der Waals surface area contributed by atoms with E-state index < -0.39 is 16.0 Å². The van der Waals surface area contributed by atoms with Crippen LogP contribution in [0.15, 0.2) is 10.4 Å². The van der Waals surface area contributed by atoms with E-state index >= 15 is 0 Å². The van der Waals surface area contributed by atoms with Crippen LogP contribution in [0.3, 0.4) is 0 Å². The molecule has 0 unspecified atom stereocenters. The van der Waals surface area contributed by atoms with E-state index in [9.17, 15) is 13.2 Å². The van der Waals surface area contributed by atoms with Crippen LogP contribution in [0.1, 0.15) is 30.7 Å². The van der Waals surface area contributed by atoms with Crippen LogP contribution in [-0.4, -0.2) is 31.0 Å². The summed E-state index contributed by atoms with van der Waals surface area (Å²) in [7, 11) is -3.48. The second-order valence-electron chi connectivity index (χ2n) is 5.11. The molecule has 2 N–H and O–H groups in total. The maximum atomic E-state index is 12.0. The Balaban J connectivity index is 1.86. The van der Waals surface area contributed by atoms with Crippen molar-refractivity contribution >= 4 is 27.3 Å². The lowest BCUT2D eigenvalue weighted by atomic mass is 9.82. The number of hydrogen-bond donors (Lipinski definition) is 2. The van der Waals surface area contributed by atoms with Gasteiger partial charge in [0, 0.05) is 6.54 Å². The normalized spacial score (nSPS) is 23.6. The average Bonchev–Trinajstić information content (AvgIpc) is 2.84. The Labute approximate surface area is 122 Å². The Bertz CT molecular complexity index is 574. The molecule has 1 fully saturated rings. The molecule has 0 aliphatic heterocycles. The molecule has 0 atom stereocenters. The molecule has 0 saturated heterocycles. The molecule has 8 heteroatoms. The Hall–Kier alpha value is -0.990. The Kier molecular flexibility index (Phi) is 4.77. The van der Waals surface area contributed by atoms with Crippen LogP contribution >= 0.6 is 11.3 Å². The molecule has 20 heavy (non-hydrogen) atoms. The van der Waals surface area contributed by atoms with E-state index in [-0.39, 0.29) is 16.0 Å². The van der Waals surface area contributed by atoms with E-state index in [0.717, 1.165) is 24.2 Å². The lowest BCUT2D eigenvalue weighted by molar-refractivity contribution is -0.143. The van der Waals surface area contributed by atoms with Crippen molar-refractivity contribution in [2.45, 2.75) is 36.8 Å². The van der Waals surface area contributed by atoms with Crippen LogP contribution in [0.2, 0.25) is 0 Å². The molecule has 1 aromatic heterocycles. The van der Waals surface area contributed by atoms with Crippen molar-refractivity contribution in [3.8, 4) is 0 Å². The third-order valence-corrected chi connectivity index (χ3v) is 6.42. The first-order chi connectivity index (χ1) is 9.38. The maximum absolute atomic E-state index is 12.0. The number of nitrogens with one attached hydrogen (secondary N) is 1. The minimum atomic E-state index is -3.48. The summed E-state index contributed by atoms with van der Waals surface area (Å²) in [6.45, 7) is 2.13. The average molecular weight is 318 g/mol. The molecule has 112 valence electrons. The molecular formula is C12H18N2O4S2. The zero-order chi connectivity index (χ0) is 14.8. The summed E-state index contributed by atoms with van der Waals surface area (Å²) < 4.78 is 26.9. The van der Waals surface area contributed by atoms with Crippen molar-refractivity contribution in [2.24, 2.45) is 11.8 Å². The van der Waals surface area contributed by atoms with Gasteiger partial charge in [-0.25, -0.2) is 18.1 Å². The standard InChI is InChI=1S/C12H18N2O4S2/c1-8-13-7-11(19-8)20(17,18)14-6-9-2-4-10(5-3-9)12(15)16/h7,9-10,14H,2-6H2,1H3,(H,15,16). The molecule has 0 aromatic carbocycles. The number of sulfonamides is 1. The molecule has 0 bridgehead atoms. The molecule has 1 aliphatic carbocycles. The number of nitrogens with zero attached hydrogens (tertiary/aromatic N) is 1. The Morgan fingerprint density at radius 3 is 2.60 bits per heavy atom. The fraction of sp³-hybridized carbons (Fsp3) is 0.667. The summed E-state index contributed by atoms with van der Waals surface area (Å²) >= 11 is 1.15. The summed E-state index contributed by atoms with van der Waals surface area (Å²) in [4.78, 5) is 14.8. The molecule has 6 nitrogen and oxygen atoms in total. The van der Waals surface area contributed by atoms with Crippen molar-refractivity contribution in [3.05, 3.63) is 11.2 Å². The lowest BCUT2D eigenvalue weighted by Gasteiger charge is -2.25. The number of hydrogen-bond acceptors (Lipinski definition) is 5. The minimum absolute atomic E-state index is 0.217. The largest absolute Gasteiger partial charge is 0.481 e. The van der Waals surface area contributed by atoms with Gasteiger partial charge in [-0.15, -0.1) is 11.3 Å². The van der Waals surface area contributed by atoms with E-state index in [2.05, 4.69) is 9.71 Å². The first kappa shape index (κ1) is 15.4. The van der Waals surface area contributed by atoms with Crippen LogP contribution in [0, 0.1) is 18.8 Å². The zero-order valence-electron chi connectivity index (χ0n) is 11.2. The number of aromatic nitrogens is 1. The number of thiazole rings is 1. The smallest absolute Gasteiger partial charge is 0.306 e. The van der Waals surface area contributed by atoms with Crippen molar-refractivity contribution in [1.29, 1.82) is 0 Å². The van der Waals surface area contributed by atoms with E-state index in [4.69, 9.17) is 5.11 Å². The molecule has 2 rings (SSSR count). The molecule has 1 saturated carbocycles. The highest BCUT2D eigenvalue weighted by Gasteiger charge is 2.27. The predicted molar refractivity (Wildman–Crippen MR) is 75.1 cm³/mol. The Morgan fingerprint density at radius 1 is 1.45 bits per heavy atom. The first-order valence-electron chi connectivity index (χ1n) is 6.53. The number of carbonyl (C=O) groups is 1. The van der Waals surface area contributed by atoms with Gasteiger partial charge >= 0.3 is 5.97 Å². The molecule has 1 aliphatic rings. The summed E-state index contributed by atoms with van der Waals surface area (Å²) in [6.07, 6.45) is 4.12. The monoisotopic (exact) mass is 318 g/mol. The van der Waals surface area contributed by atoms with Gasteiger partial charge in [-0.2, -0.15) is 0 Å². The van der Waals surface area contributed by atoms with E-state index in [1.165, 1.54) is 6.20 Å². The molecule has 0 radical (unpaired) electrons. The number of carboxylic acid groups (broad SMARTS) is 1. The fourth-order valence-corrected chi connectivity index (χ4v) is 4.65. The van der Waals surface area contributed by atoms with Crippen LogP contribution in [-0.2, 0) is 14.8 Å². The van der Waals surface area contributed by atoms with E-state index in [1.807, 2.05) is 0 Å². The summed E-state index contributed by atoms with van der Waals surface area (Å²) in [5.74, 6) is -0.800. The quantitative estimate of drug-likeness (QED) is 0.860. The van der Waals surface area contributed by atoms with Crippen LogP contribution in [0.5, 0.6) is 0 Å². The van der Waals surface area contributed by atoms with Gasteiger partial charge in [-0.1, -0.05) is 0 Å². The van der Waals surface area contributed by atoms with Gasteiger partial charge in [0.05, 0.1) is 17.1 Å². The number of aliphatic carboxylic acids is 1. The third-order valence-electron chi connectivity index (χ3n) is 3.62. The van der Waals surface area contributed by atoms with Gasteiger partial charge in [-0.3, -0.25) is 4.79 Å². The predicted octanol–water partition coefficient (Wildman–Crippen LogP) is 1.62. The SMILES string of the molecule is Cc1ncc(S(=O)(=O)NCC2CCC(C(=O)O)CC2)s1. The molecule has 0 amide bonds. The summed E-state index contributed by atoms with van der Waals surface area (Å²) in [5, 5.41) is 9.63. The zero-order valence-corrected chi connectivity index (χ0v) is 12.8. The Morgan fingerprint density at radius 2 is 2.10 bits per heavy atom.